The summed E-state index contributed by atoms with van der Waals surface area (Å²) in [6.45, 7) is 3.57. The third-order valence-corrected chi connectivity index (χ3v) is 5.26. The Labute approximate surface area is 169 Å². The molecule has 5 nitrogen and oxygen atoms in total. The number of fused-ring (bicyclic) bond motifs is 1. The molecule has 1 aromatic heterocycles. The molecule has 2 N–H and O–H groups in total. The van der Waals surface area contributed by atoms with E-state index in [2.05, 4.69) is 26.3 Å². The van der Waals surface area contributed by atoms with Crippen LogP contribution in [0.5, 0.6) is 0 Å². The summed E-state index contributed by atoms with van der Waals surface area (Å²) in [4.78, 5) is 22.2. The predicted molar refractivity (Wildman–Crippen MR) is 112 cm³/mol. The topological polar surface area (TPSA) is 61.0 Å². The molecular formula is C20H22Cl2N4O. The van der Waals surface area contributed by atoms with Gasteiger partial charge in [-0.2, -0.15) is 0 Å². The van der Waals surface area contributed by atoms with Crippen LogP contribution in [0.4, 0.5) is 0 Å². The molecule has 2 aromatic carbocycles. The molecule has 0 amide bonds. The largest absolute Gasteiger partial charge is 0.314 e. The third kappa shape index (κ3) is 4.33. The lowest BCUT2D eigenvalue weighted by Crippen LogP contribution is -2.46. The standard InChI is InChI=1S/C20H21ClN4O.ClH/c21-16-7-3-1-5-14(16)18-13-22-10-12-25(18)11-9-19-23-17-8-4-2-6-15(17)20(26)24-19;/h1-8,18,22H,9-13H2,(H,23,24,26);1H. The second kappa shape index (κ2) is 8.85. The fourth-order valence-corrected chi connectivity index (χ4v) is 3.83. The Morgan fingerprint density at radius 1 is 1.15 bits per heavy atom. The fourth-order valence-electron chi connectivity index (χ4n) is 3.57. The van der Waals surface area contributed by atoms with Gasteiger partial charge in [0.25, 0.3) is 5.56 Å². The number of benzene rings is 2. The van der Waals surface area contributed by atoms with Gasteiger partial charge in [0.2, 0.25) is 0 Å². The zero-order valence-electron chi connectivity index (χ0n) is 14.8. The van der Waals surface area contributed by atoms with E-state index >= 15 is 0 Å². The minimum absolute atomic E-state index is 0. The van der Waals surface area contributed by atoms with E-state index < -0.39 is 0 Å². The number of hydrogen-bond acceptors (Lipinski definition) is 4. The Bertz CT molecular complexity index is 975. The lowest BCUT2D eigenvalue weighted by atomic mass is 10.0. The Morgan fingerprint density at radius 2 is 1.93 bits per heavy atom. The van der Waals surface area contributed by atoms with Crippen LogP contribution in [0.15, 0.2) is 53.3 Å². The van der Waals surface area contributed by atoms with E-state index in [9.17, 15) is 4.79 Å². The van der Waals surface area contributed by atoms with Crippen molar-refractivity contribution in [3.8, 4) is 0 Å². The Kier molecular flexibility index (Phi) is 6.50. The van der Waals surface area contributed by atoms with Crippen molar-refractivity contribution in [3.63, 3.8) is 0 Å². The quantitative estimate of drug-likeness (QED) is 0.700. The van der Waals surface area contributed by atoms with E-state index in [1.54, 1.807) is 6.07 Å². The molecule has 3 aromatic rings. The number of hydrogen-bond donors (Lipinski definition) is 2. The number of rotatable bonds is 4. The summed E-state index contributed by atoms with van der Waals surface area (Å²) in [5.74, 6) is 0.727. The van der Waals surface area contributed by atoms with Gasteiger partial charge in [-0.1, -0.05) is 41.9 Å². The van der Waals surface area contributed by atoms with Crippen LogP contribution in [-0.2, 0) is 6.42 Å². The first kappa shape index (κ1) is 19.8. The third-order valence-electron chi connectivity index (χ3n) is 4.92. The van der Waals surface area contributed by atoms with Gasteiger partial charge in [0.15, 0.2) is 0 Å². The normalized spacial score (nSPS) is 17.6. The van der Waals surface area contributed by atoms with E-state index in [-0.39, 0.29) is 24.0 Å². The Morgan fingerprint density at radius 3 is 2.78 bits per heavy atom. The number of para-hydroxylation sites is 1. The monoisotopic (exact) mass is 404 g/mol. The number of piperazine rings is 1. The molecule has 1 aliphatic rings. The maximum Gasteiger partial charge on any atom is 0.258 e. The lowest BCUT2D eigenvalue weighted by Gasteiger charge is -2.36. The fraction of sp³-hybridized carbons (Fsp3) is 0.300. The SMILES string of the molecule is Cl.O=c1[nH]c(CCN2CCNCC2c2ccccc2Cl)nc2ccccc12. The van der Waals surface area contributed by atoms with Gasteiger partial charge >= 0.3 is 0 Å². The van der Waals surface area contributed by atoms with Crippen LogP contribution in [0.3, 0.4) is 0 Å². The average molecular weight is 405 g/mol. The van der Waals surface area contributed by atoms with Crippen LogP contribution in [-0.4, -0.2) is 41.0 Å². The zero-order valence-corrected chi connectivity index (χ0v) is 16.4. The van der Waals surface area contributed by atoms with E-state index in [0.29, 0.717) is 11.8 Å². The molecule has 0 spiro atoms. The van der Waals surface area contributed by atoms with Crippen molar-refractivity contribution in [2.75, 3.05) is 26.2 Å². The van der Waals surface area contributed by atoms with Crippen LogP contribution in [0.2, 0.25) is 5.02 Å². The summed E-state index contributed by atoms with van der Waals surface area (Å²) in [7, 11) is 0. The van der Waals surface area contributed by atoms with Crippen LogP contribution in [0.25, 0.3) is 10.9 Å². The number of nitrogens with zero attached hydrogens (tertiary/aromatic N) is 2. The van der Waals surface area contributed by atoms with Gasteiger partial charge in [-0.15, -0.1) is 12.4 Å². The van der Waals surface area contributed by atoms with E-state index in [4.69, 9.17) is 11.6 Å². The maximum absolute atomic E-state index is 12.2. The predicted octanol–water partition coefficient (Wildman–Crippen LogP) is 3.19. The van der Waals surface area contributed by atoms with E-state index in [1.807, 2.05) is 36.4 Å². The zero-order chi connectivity index (χ0) is 17.9. The summed E-state index contributed by atoms with van der Waals surface area (Å²) in [6, 6.07) is 15.7. The summed E-state index contributed by atoms with van der Waals surface area (Å²) < 4.78 is 0. The number of halogens is 2. The van der Waals surface area contributed by atoms with Crippen molar-refractivity contribution in [2.45, 2.75) is 12.5 Å². The summed E-state index contributed by atoms with van der Waals surface area (Å²) in [6.07, 6.45) is 0.695. The molecule has 0 saturated carbocycles. The molecule has 0 aliphatic carbocycles. The van der Waals surface area contributed by atoms with Crippen LogP contribution in [0, 0.1) is 0 Å². The Balaban J connectivity index is 0.00000210. The van der Waals surface area contributed by atoms with E-state index in [1.165, 1.54) is 0 Å². The number of aromatic amines is 1. The Hall–Kier alpha value is -1.92. The molecule has 4 rings (SSSR count). The molecule has 142 valence electrons. The summed E-state index contributed by atoms with van der Waals surface area (Å²) in [5, 5.41) is 4.87. The van der Waals surface area contributed by atoms with Crippen LogP contribution >= 0.6 is 24.0 Å². The molecule has 1 fully saturated rings. The number of nitrogens with one attached hydrogen (secondary N) is 2. The van der Waals surface area contributed by atoms with Gasteiger partial charge in [0.1, 0.15) is 5.82 Å². The maximum atomic E-state index is 12.2. The van der Waals surface area contributed by atoms with Crippen molar-refractivity contribution < 1.29 is 0 Å². The average Bonchev–Trinajstić information content (AvgIpc) is 2.67. The first-order valence-electron chi connectivity index (χ1n) is 8.89. The second-order valence-electron chi connectivity index (χ2n) is 6.56. The molecule has 1 unspecified atom stereocenters. The highest BCUT2D eigenvalue weighted by Crippen LogP contribution is 2.28. The molecule has 2 heterocycles. The minimum atomic E-state index is -0.0754. The highest BCUT2D eigenvalue weighted by Gasteiger charge is 2.25. The molecular weight excluding hydrogens is 383 g/mol. The number of aromatic nitrogens is 2. The van der Waals surface area contributed by atoms with Gasteiger partial charge < -0.3 is 10.3 Å². The van der Waals surface area contributed by atoms with Gasteiger partial charge in [-0.05, 0) is 23.8 Å². The second-order valence-corrected chi connectivity index (χ2v) is 6.96. The minimum Gasteiger partial charge on any atom is -0.314 e. The van der Waals surface area contributed by atoms with Crippen molar-refractivity contribution >= 4 is 34.9 Å². The van der Waals surface area contributed by atoms with Gasteiger partial charge in [0.05, 0.1) is 10.9 Å². The molecule has 27 heavy (non-hydrogen) atoms. The molecule has 1 saturated heterocycles. The van der Waals surface area contributed by atoms with Gasteiger partial charge in [-0.3, -0.25) is 9.69 Å². The first-order valence-corrected chi connectivity index (χ1v) is 9.27. The van der Waals surface area contributed by atoms with Crippen LogP contribution < -0.4 is 10.9 Å². The lowest BCUT2D eigenvalue weighted by molar-refractivity contribution is 0.163. The van der Waals surface area contributed by atoms with Crippen LogP contribution in [0.1, 0.15) is 17.4 Å². The summed E-state index contributed by atoms with van der Waals surface area (Å²) in [5.41, 5.74) is 1.81. The van der Waals surface area contributed by atoms with Gasteiger partial charge in [-0.25, -0.2) is 4.98 Å². The van der Waals surface area contributed by atoms with Crippen molar-refractivity contribution in [1.29, 1.82) is 0 Å². The molecule has 7 heteroatoms. The molecule has 0 radical (unpaired) electrons. The first-order chi connectivity index (χ1) is 12.7. The highest BCUT2D eigenvalue weighted by molar-refractivity contribution is 6.31. The summed E-state index contributed by atoms with van der Waals surface area (Å²) >= 11 is 6.41. The van der Waals surface area contributed by atoms with Gasteiger partial charge in [0, 0.05) is 43.7 Å². The van der Waals surface area contributed by atoms with Crippen molar-refractivity contribution in [2.24, 2.45) is 0 Å². The smallest absolute Gasteiger partial charge is 0.258 e. The number of H-pyrrole nitrogens is 1. The molecule has 1 atom stereocenters. The highest BCUT2D eigenvalue weighted by atomic mass is 35.5. The molecule has 0 bridgehead atoms. The van der Waals surface area contributed by atoms with Crippen molar-refractivity contribution in [1.82, 2.24) is 20.2 Å². The molecule has 1 aliphatic heterocycles. The van der Waals surface area contributed by atoms with E-state index in [0.717, 1.165) is 48.1 Å². The van der Waals surface area contributed by atoms with Crippen molar-refractivity contribution in [3.05, 3.63) is 75.3 Å².